The van der Waals surface area contributed by atoms with Crippen LogP contribution < -0.4 is 10.6 Å². The number of aromatic nitrogens is 1. The molecule has 1 heterocycles. The molecular formula is C22H23N3S2. The zero-order valence-electron chi connectivity index (χ0n) is 15.2. The van der Waals surface area contributed by atoms with Gasteiger partial charge in [-0.2, -0.15) is 0 Å². The maximum atomic E-state index is 5.47. The second-order valence-corrected chi connectivity index (χ2v) is 8.18. The Kier molecular flexibility index (Phi) is 5.80. The van der Waals surface area contributed by atoms with Crippen LogP contribution in [0.5, 0.6) is 0 Å². The Labute approximate surface area is 169 Å². The molecule has 0 radical (unpaired) electrons. The number of nitrogens with one attached hydrogen (secondary N) is 2. The van der Waals surface area contributed by atoms with Crippen LogP contribution in [0.4, 0.5) is 5.69 Å². The van der Waals surface area contributed by atoms with Gasteiger partial charge in [-0.15, -0.1) is 11.3 Å². The minimum atomic E-state index is 0.518. The van der Waals surface area contributed by atoms with Gasteiger partial charge in [0.1, 0.15) is 5.01 Å². The third-order valence-corrected chi connectivity index (χ3v) is 6.02. The average molecular weight is 394 g/mol. The molecule has 138 valence electrons. The Hall–Kier alpha value is -2.24. The van der Waals surface area contributed by atoms with Gasteiger partial charge in [-0.3, -0.25) is 0 Å². The number of anilines is 1. The van der Waals surface area contributed by atoms with Crippen molar-refractivity contribution in [1.82, 2.24) is 10.3 Å². The molecule has 0 aliphatic heterocycles. The minimum Gasteiger partial charge on any atom is -0.360 e. The summed E-state index contributed by atoms with van der Waals surface area (Å²) in [7, 11) is 0. The lowest BCUT2D eigenvalue weighted by molar-refractivity contribution is 0.415. The van der Waals surface area contributed by atoms with Crippen LogP contribution >= 0.6 is 23.6 Å². The van der Waals surface area contributed by atoms with Gasteiger partial charge in [-0.1, -0.05) is 61.7 Å². The summed E-state index contributed by atoms with van der Waals surface area (Å²) in [5.74, 6) is 0. The quantitative estimate of drug-likeness (QED) is 0.526. The third-order valence-electron chi connectivity index (χ3n) is 4.90. The van der Waals surface area contributed by atoms with Crippen LogP contribution in [0.15, 0.2) is 60.0 Å². The lowest BCUT2D eigenvalue weighted by atomic mass is 9.96. The van der Waals surface area contributed by atoms with Crippen LogP contribution in [-0.2, 0) is 0 Å². The predicted molar refractivity (Wildman–Crippen MR) is 119 cm³/mol. The van der Waals surface area contributed by atoms with E-state index in [4.69, 9.17) is 17.2 Å². The lowest BCUT2D eigenvalue weighted by Crippen LogP contribution is -2.38. The molecule has 27 heavy (non-hydrogen) atoms. The summed E-state index contributed by atoms with van der Waals surface area (Å²) in [5, 5.41) is 10.6. The fraction of sp³-hybridized carbons (Fsp3) is 0.273. The first kappa shape index (κ1) is 18.1. The summed E-state index contributed by atoms with van der Waals surface area (Å²) in [4.78, 5) is 4.78. The van der Waals surface area contributed by atoms with Crippen molar-refractivity contribution < 1.29 is 0 Å². The van der Waals surface area contributed by atoms with Gasteiger partial charge in [0.2, 0.25) is 0 Å². The van der Waals surface area contributed by atoms with E-state index in [0.29, 0.717) is 6.04 Å². The zero-order valence-corrected chi connectivity index (χ0v) is 16.8. The van der Waals surface area contributed by atoms with E-state index in [9.17, 15) is 0 Å². The highest BCUT2D eigenvalue weighted by Gasteiger charge is 2.14. The number of nitrogens with zero attached hydrogens (tertiary/aromatic N) is 1. The highest BCUT2D eigenvalue weighted by molar-refractivity contribution is 7.80. The van der Waals surface area contributed by atoms with Crippen LogP contribution in [0.2, 0.25) is 0 Å². The van der Waals surface area contributed by atoms with Crippen LogP contribution in [0.1, 0.15) is 32.1 Å². The van der Waals surface area contributed by atoms with Crippen molar-refractivity contribution in [2.75, 3.05) is 5.32 Å². The largest absolute Gasteiger partial charge is 0.360 e. The molecule has 3 aromatic rings. The van der Waals surface area contributed by atoms with E-state index < -0.39 is 0 Å². The number of rotatable bonds is 4. The molecule has 0 spiro atoms. The Bertz CT molecular complexity index is 881. The summed E-state index contributed by atoms with van der Waals surface area (Å²) in [6.45, 7) is 0. The first-order valence-corrected chi connectivity index (χ1v) is 10.8. The zero-order chi connectivity index (χ0) is 18.5. The lowest BCUT2D eigenvalue weighted by Gasteiger charge is -2.24. The summed E-state index contributed by atoms with van der Waals surface area (Å²) in [5.41, 5.74) is 4.29. The molecule has 1 saturated carbocycles. The molecule has 0 unspecified atom stereocenters. The SMILES string of the molecule is S=C(Nc1ccc(-c2csc(-c3ccccc3)n2)cc1)NC1CCCCC1. The topological polar surface area (TPSA) is 37.0 Å². The molecule has 2 N–H and O–H groups in total. The van der Waals surface area contributed by atoms with Crippen LogP contribution in [-0.4, -0.2) is 16.1 Å². The molecular weight excluding hydrogens is 370 g/mol. The van der Waals surface area contributed by atoms with Gasteiger partial charge in [0.05, 0.1) is 5.69 Å². The molecule has 1 aliphatic rings. The van der Waals surface area contributed by atoms with E-state index in [1.165, 1.54) is 32.1 Å². The van der Waals surface area contributed by atoms with E-state index >= 15 is 0 Å². The summed E-state index contributed by atoms with van der Waals surface area (Å²) >= 11 is 7.14. The molecule has 0 atom stereocenters. The molecule has 5 heteroatoms. The van der Waals surface area contributed by atoms with Gasteiger partial charge in [0.15, 0.2) is 5.11 Å². The molecule has 3 nitrogen and oxygen atoms in total. The Morgan fingerprint density at radius 3 is 2.41 bits per heavy atom. The van der Waals surface area contributed by atoms with E-state index in [0.717, 1.165) is 32.6 Å². The van der Waals surface area contributed by atoms with Gasteiger partial charge < -0.3 is 10.6 Å². The van der Waals surface area contributed by atoms with Gasteiger partial charge in [-0.05, 0) is 37.2 Å². The fourth-order valence-electron chi connectivity index (χ4n) is 3.44. The van der Waals surface area contributed by atoms with Crippen LogP contribution in [0.25, 0.3) is 21.8 Å². The molecule has 1 fully saturated rings. The Balaban J connectivity index is 1.39. The van der Waals surface area contributed by atoms with Crippen LogP contribution in [0.3, 0.4) is 0 Å². The van der Waals surface area contributed by atoms with Crippen molar-refractivity contribution >= 4 is 34.4 Å². The van der Waals surface area contributed by atoms with Crippen molar-refractivity contribution in [2.24, 2.45) is 0 Å². The number of thiazole rings is 1. The van der Waals surface area contributed by atoms with Crippen molar-refractivity contribution in [3.05, 3.63) is 60.0 Å². The summed E-state index contributed by atoms with van der Waals surface area (Å²) < 4.78 is 0. The first-order chi connectivity index (χ1) is 13.3. The molecule has 4 rings (SSSR count). The van der Waals surface area contributed by atoms with Gasteiger partial charge >= 0.3 is 0 Å². The van der Waals surface area contributed by atoms with E-state index in [2.05, 4.69) is 52.4 Å². The fourth-order valence-corrected chi connectivity index (χ4v) is 4.56. The summed E-state index contributed by atoms with van der Waals surface area (Å²) in [6, 6.07) is 19.1. The van der Waals surface area contributed by atoms with Crippen LogP contribution in [0, 0.1) is 0 Å². The van der Waals surface area contributed by atoms with Crippen molar-refractivity contribution in [3.8, 4) is 21.8 Å². The third kappa shape index (κ3) is 4.73. The number of thiocarbonyl (C=S) groups is 1. The Morgan fingerprint density at radius 1 is 0.926 bits per heavy atom. The average Bonchev–Trinajstić information content (AvgIpc) is 3.20. The molecule has 1 aliphatic carbocycles. The van der Waals surface area contributed by atoms with Crippen molar-refractivity contribution in [2.45, 2.75) is 38.1 Å². The highest BCUT2D eigenvalue weighted by Crippen LogP contribution is 2.29. The molecule has 0 saturated heterocycles. The molecule has 0 bridgehead atoms. The highest BCUT2D eigenvalue weighted by atomic mass is 32.1. The first-order valence-electron chi connectivity index (χ1n) is 9.47. The standard InChI is InChI=1S/C22H23N3S2/c26-22(23-18-9-5-2-6-10-18)24-19-13-11-16(12-14-19)20-15-27-21(25-20)17-7-3-1-4-8-17/h1,3-4,7-8,11-15,18H,2,5-6,9-10H2,(H2,23,24,26). The van der Waals surface area contributed by atoms with Crippen molar-refractivity contribution in [3.63, 3.8) is 0 Å². The summed E-state index contributed by atoms with van der Waals surface area (Å²) in [6.07, 6.45) is 6.38. The predicted octanol–water partition coefficient (Wildman–Crippen LogP) is 6.10. The molecule has 0 amide bonds. The maximum absolute atomic E-state index is 5.47. The Morgan fingerprint density at radius 2 is 1.67 bits per heavy atom. The molecule has 1 aromatic heterocycles. The maximum Gasteiger partial charge on any atom is 0.170 e. The van der Waals surface area contributed by atoms with Gasteiger partial charge in [-0.25, -0.2) is 4.98 Å². The second kappa shape index (κ2) is 8.63. The van der Waals surface area contributed by atoms with E-state index in [-0.39, 0.29) is 0 Å². The minimum absolute atomic E-state index is 0.518. The number of benzene rings is 2. The van der Waals surface area contributed by atoms with Crippen molar-refractivity contribution in [1.29, 1.82) is 0 Å². The van der Waals surface area contributed by atoms with E-state index in [1.807, 2.05) is 18.2 Å². The second-order valence-electron chi connectivity index (χ2n) is 6.91. The molecule has 2 aromatic carbocycles. The normalized spacial score (nSPS) is 14.7. The van der Waals surface area contributed by atoms with E-state index in [1.54, 1.807) is 11.3 Å². The number of hydrogen-bond acceptors (Lipinski definition) is 3. The smallest absolute Gasteiger partial charge is 0.170 e. The number of hydrogen-bond donors (Lipinski definition) is 2. The monoisotopic (exact) mass is 393 g/mol. The van der Waals surface area contributed by atoms with Gasteiger partial charge in [0.25, 0.3) is 0 Å². The van der Waals surface area contributed by atoms with Gasteiger partial charge in [0, 0.05) is 28.2 Å².